The maximum atomic E-state index is 12.1. The number of hydrogen-bond donors (Lipinski definition) is 1. The van der Waals surface area contributed by atoms with Crippen molar-refractivity contribution >= 4 is 15.9 Å². The Hall–Kier alpha value is -0.700. The third-order valence-corrected chi connectivity index (χ3v) is 5.72. The fourth-order valence-corrected chi connectivity index (χ4v) is 4.06. The second-order valence-corrected chi connectivity index (χ2v) is 7.23. The summed E-state index contributed by atoms with van der Waals surface area (Å²) < 4.78 is 30.7. The second kappa shape index (κ2) is 6.84. The van der Waals surface area contributed by atoms with Gasteiger partial charge in [-0.15, -0.1) is 0 Å². The number of amides is 1. The number of carbonyl (C=O) groups is 1. The molecule has 0 unspecified atom stereocenters. The van der Waals surface area contributed by atoms with Crippen molar-refractivity contribution in [2.24, 2.45) is 0 Å². The molecule has 2 heterocycles. The number of morpholine rings is 1. The van der Waals surface area contributed by atoms with Gasteiger partial charge in [0, 0.05) is 26.1 Å². The minimum absolute atomic E-state index is 0.0177. The van der Waals surface area contributed by atoms with E-state index in [1.807, 2.05) is 0 Å². The van der Waals surface area contributed by atoms with Crippen LogP contribution >= 0.6 is 0 Å². The van der Waals surface area contributed by atoms with Crippen LogP contribution in [0.25, 0.3) is 0 Å². The molecule has 0 aliphatic carbocycles. The number of likely N-dealkylation sites (tertiary alicyclic amines) is 1. The molecule has 0 aromatic heterocycles. The van der Waals surface area contributed by atoms with Crippen molar-refractivity contribution in [3.05, 3.63) is 0 Å². The van der Waals surface area contributed by atoms with Gasteiger partial charge in [-0.2, -0.15) is 4.31 Å². The number of nitrogens with zero attached hydrogens (tertiary/aromatic N) is 2. The minimum atomic E-state index is -3.39. The molecule has 0 bridgehead atoms. The highest BCUT2D eigenvalue weighted by molar-refractivity contribution is 7.89. The van der Waals surface area contributed by atoms with E-state index in [-0.39, 0.29) is 30.7 Å². The number of carbonyl (C=O) groups excluding carboxylic acids is 1. The first-order chi connectivity index (χ1) is 9.54. The SMILES string of the molecule is O=C(CCS(=O)(=O)N1CCOCC1)N1CCC[C@H]1CO. The summed E-state index contributed by atoms with van der Waals surface area (Å²) in [6.07, 6.45) is 1.64. The number of aliphatic hydroxyl groups is 1. The minimum Gasteiger partial charge on any atom is -0.394 e. The van der Waals surface area contributed by atoms with E-state index < -0.39 is 10.0 Å². The van der Waals surface area contributed by atoms with Gasteiger partial charge in [-0.05, 0) is 12.8 Å². The molecule has 2 fully saturated rings. The maximum absolute atomic E-state index is 12.1. The average Bonchev–Trinajstić information content (AvgIpc) is 2.94. The van der Waals surface area contributed by atoms with Crippen molar-refractivity contribution in [1.82, 2.24) is 9.21 Å². The van der Waals surface area contributed by atoms with Crippen molar-refractivity contribution in [3.63, 3.8) is 0 Å². The number of ether oxygens (including phenoxy) is 1. The molecule has 1 amide bonds. The molecule has 0 saturated carbocycles. The molecule has 1 N–H and O–H groups in total. The Labute approximate surface area is 119 Å². The predicted molar refractivity (Wildman–Crippen MR) is 72.6 cm³/mol. The van der Waals surface area contributed by atoms with Crippen molar-refractivity contribution in [2.45, 2.75) is 25.3 Å². The van der Waals surface area contributed by atoms with E-state index in [0.29, 0.717) is 32.8 Å². The van der Waals surface area contributed by atoms with Gasteiger partial charge < -0.3 is 14.7 Å². The first-order valence-corrected chi connectivity index (χ1v) is 8.61. The summed E-state index contributed by atoms with van der Waals surface area (Å²) in [7, 11) is -3.39. The Bertz CT molecular complexity index is 433. The fourth-order valence-electron chi connectivity index (χ4n) is 2.67. The van der Waals surface area contributed by atoms with Crippen LogP contribution in [0, 0.1) is 0 Å². The summed E-state index contributed by atoms with van der Waals surface area (Å²) >= 11 is 0. The fraction of sp³-hybridized carbons (Fsp3) is 0.917. The third kappa shape index (κ3) is 3.69. The Morgan fingerprint density at radius 1 is 1.25 bits per heavy atom. The lowest BCUT2D eigenvalue weighted by atomic mass is 10.2. The van der Waals surface area contributed by atoms with Gasteiger partial charge in [0.25, 0.3) is 0 Å². The van der Waals surface area contributed by atoms with Gasteiger partial charge in [0.1, 0.15) is 0 Å². The van der Waals surface area contributed by atoms with Gasteiger partial charge in [0.15, 0.2) is 0 Å². The summed E-state index contributed by atoms with van der Waals surface area (Å²) in [6, 6.07) is -0.145. The van der Waals surface area contributed by atoms with Crippen LogP contribution in [-0.2, 0) is 19.6 Å². The molecule has 0 spiro atoms. The highest BCUT2D eigenvalue weighted by atomic mass is 32.2. The normalized spacial score (nSPS) is 25.1. The number of hydrogen-bond acceptors (Lipinski definition) is 5. The quantitative estimate of drug-likeness (QED) is 0.705. The van der Waals surface area contributed by atoms with E-state index in [9.17, 15) is 18.3 Å². The Morgan fingerprint density at radius 3 is 2.60 bits per heavy atom. The number of aliphatic hydroxyl groups excluding tert-OH is 1. The molecule has 2 saturated heterocycles. The summed E-state index contributed by atoms with van der Waals surface area (Å²) in [6.45, 7) is 2.10. The van der Waals surface area contributed by atoms with Crippen molar-refractivity contribution in [2.75, 3.05) is 45.2 Å². The van der Waals surface area contributed by atoms with Crippen molar-refractivity contribution < 1.29 is 23.1 Å². The van der Waals surface area contributed by atoms with Crippen molar-refractivity contribution in [3.8, 4) is 0 Å². The van der Waals surface area contributed by atoms with Gasteiger partial charge >= 0.3 is 0 Å². The lowest BCUT2D eigenvalue weighted by Crippen LogP contribution is -2.43. The average molecular weight is 306 g/mol. The number of sulfonamides is 1. The molecule has 8 heteroatoms. The molecule has 116 valence electrons. The van der Waals surface area contributed by atoms with Crippen LogP contribution in [0.2, 0.25) is 0 Å². The summed E-state index contributed by atoms with van der Waals surface area (Å²) in [5.41, 5.74) is 0. The monoisotopic (exact) mass is 306 g/mol. The maximum Gasteiger partial charge on any atom is 0.223 e. The van der Waals surface area contributed by atoms with Crippen LogP contribution in [0.4, 0.5) is 0 Å². The number of rotatable bonds is 5. The summed E-state index contributed by atoms with van der Waals surface area (Å²) in [5.74, 6) is -0.348. The van der Waals surface area contributed by atoms with Gasteiger partial charge in [0.05, 0.1) is 31.6 Å². The molecular weight excluding hydrogens is 284 g/mol. The van der Waals surface area contributed by atoms with Gasteiger partial charge in [-0.3, -0.25) is 4.79 Å². The topological polar surface area (TPSA) is 87.2 Å². The molecule has 2 aliphatic rings. The van der Waals surface area contributed by atoms with Crippen LogP contribution < -0.4 is 0 Å². The molecule has 1 atom stereocenters. The molecule has 20 heavy (non-hydrogen) atoms. The molecule has 0 aromatic carbocycles. The molecule has 7 nitrogen and oxygen atoms in total. The van der Waals surface area contributed by atoms with Crippen LogP contribution in [0.1, 0.15) is 19.3 Å². The molecule has 2 rings (SSSR count). The van der Waals surface area contributed by atoms with Crippen LogP contribution in [0.5, 0.6) is 0 Å². The molecule has 2 aliphatic heterocycles. The predicted octanol–water partition coefficient (Wildman–Crippen LogP) is -0.978. The zero-order valence-corrected chi connectivity index (χ0v) is 12.3. The van der Waals surface area contributed by atoms with Crippen LogP contribution in [-0.4, -0.2) is 79.9 Å². The standard InChI is InChI=1S/C12H22N2O5S/c15-10-11-2-1-4-14(11)12(16)3-9-20(17,18)13-5-7-19-8-6-13/h11,15H,1-10H2/t11-/m0/s1. The van der Waals surface area contributed by atoms with E-state index in [0.717, 1.165) is 12.8 Å². The smallest absolute Gasteiger partial charge is 0.223 e. The van der Waals surface area contributed by atoms with E-state index in [2.05, 4.69) is 0 Å². The van der Waals surface area contributed by atoms with Crippen LogP contribution in [0.15, 0.2) is 0 Å². The van der Waals surface area contributed by atoms with Gasteiger partial charge in [0.2, 0.25) is 15.9 Å². The van der Waals surface area contributed by atoms with E-state index in [1.165, 1.54) is 4.31 Å². The van der Waals surface area contributed by atoms with Gasteiger partial charge in [-0.25, -0.2) is 8.42 Å². The van der Waals surface area contributed by atoms with Gasteiger partial charge in [-0.1, -0.05) is 0 Å². The molecular formula is C12H22N2O5S. The second-order valence-electron chi connectivity index (χ2n) is 5.14. The summed E-state index contributed by atoms with van der Waals surface area (Å²) in [4.78, 5) is 13.7. The van der Waals surface area contributed by atoms with E-state index in [1.54, 1.807) is 4.90 Å². The lowest BCUT2D eigenvalue weighted by Gasteiger charge is -2.27. The highest BCUT2D eigenvalue weighted by Gasteiger charge is 2.30. The first kappa shape index (κ1) is 15.7. The zero-order chi connectivity index (χ0) is 14.6. The molecule has 0 radical (unpaired) electrons. The molecule has 0 aromatic rings. The van der Waals surface area contributed by atoms with E-state index in [4.69, 9.17) is 4.74 Å². The first-order valence-electron chi connectivity index (χ1n) is 7.00. The largest absolute Gasteiger partial charge is 0.394 e. The lowest BCUT2D eigenvalue weighted by molar-refractivity contribution is -0.132. The third-order valence-electron chi connectivity index (χ3n) is 3.85. The Balaban J connectivity index is 1.86. The summed E-state index contributed by atoms with van der Waals surface area (Å²) in [5, 5.41) is 9.18. The van der Waals surface area contributed by atoms with Crippen molar-refractivity contribution in [1.29, 1.82) is 0 Å². The highest BCUT2D eigenvalue weighted by Crippen LogP contribution is 2.18. The Morgan fingerprint density at radius 2 is 1.95 bits per heavy atom. The zero-order valence-electron chi connectivity index (χ0n) is 11.5. The Kier molecular flexibility index (Phi) is 5.36. The van der Waals surface area contributed by atoms with Crippen LogP contribution in [0.3, 0.4) is 0 Å². The van der Waals surface area contributed by atoms with E-state index >= 15 is 0 Å².